The zero-order valence-electron chi connectivity index (χ0n) is 23.5. The molecule has 0 radical (unpaired) electrons. The number of amides is 2. The number of rotatable bonds is 10. The van der Waals surface area contributed by atoms with Crippen LogP contribution in [0.15, 0.2) is 59.8 Å². The molecule has 208 valence electrons. The third-order valence-electron chi connectivity index (χ3n) is 6.54. The Labute approximate surface area is 238 Å². The normalized spacial score (nSPS) is 10.8. The van der Waals surface area contributed by atoms with Gasteiger partial charge in [0.15, 0.2) is 11.0 Å². The number of methoxy groups -OCH3 is 2. The van der Waals surface area contributed by atoms with Gasteiger partial charge in [0.1, 0.15) is 11.5 Å². The number of anilines is 1. The third kappa shape index (κ3) is 6.63. The fourth-order valence-electron chi connectivity index (χ4n) is 4.11. The van der Waals surface area contributed by atoms with Crippen molar-refractivity contribution in [1.29, 1.82) is 0 Å². The predicted molar refractivity (Wildman–Crippen MR) is 157 cm³/mol. The first-order valence-electron chi connectivity index (χ1n) is 12.7. The molecule has 0 saturated carbocycles. The van der Waals surface area contributed by atoms with Crippen molar-refractivity contribution in [3.63, 3.8) is 0 Å². The lowest BCUT2D eigenvalue weighted by Crippen LogP contribution is -2.25. The van der Waals surface area contributed by atoms with Crippen molar-refractivity contribution < 1.29 is 19.1 Å². The van der Waals surface area contributed by atoms with E-state index in [1.54, 1.807) is 18.2 Å². The maximum atomic E-state index is 13.0. The van der Waals surface area contributed by atoms with Crippen molar-refractivity contribution >= 4 is 29.3 Å². The van der Waals surface area contributed by atoms with Crippen LogP contribution in [0, 0.1) is 27.7 Å². The van der Waals surface area contributed by atoms with Crippen LogP contribution >= 0.6 is 11.8 Å². The van der Waals surface area contributed by atoms with Crippen LogP contribution in [-0.4, -0.2) is 46.6 Å². The van der Waals surface area contributed by atoms with Gasteiger partial charge in [-0.05, 0) is 74.2 Å². The fraction of sp³-hybridized carbons (Fsp3) is 0.267. The van der Waals surface area contributed by atoms with Gasteiger partial charge in [-0.1, -0.05) is 36.0 Å². The molecule has 0 unspecified atom stereocenters. The van der Waals surface area contributed by atoms with Gasteiger partial charge in [0.2, 0.25) is 5.91 Å². The van der Waals surface area contributed by atoms with Crippen LogP contribution in [0.4, 0.5) is 5.69 Å². The Morgan fingerprint density at radius 3 is 2.33 bits per heavy atom. The van der Waals surface area contributed by atoms with E-state index in [0.717, 1.165) is 33.6 Å². The Morgan fingerprint density at radius 1 is 0.900 bits per heavy atom. The minimum absolute atomic E-state index is 0.119. The van der Waals surface area contributed by atoms with E-state index >= 15 is 0 Å². The van der Waals surface area contributed by atoms with Gasteiger partial charge in [0, 0.05) is 17.3 Å². The Morgan fingerprint density at radius 2 is 1.62 bits per heavy atom. The van der Waals surface area contributed by atoms with Gasteiger partial charge in [0.25, 0.3) is 5.91 Å². The van der Waals surface area contributed by atoms with Gasteiger partial charge in [-0.2, -0.15) is 0 Å². The van der Waals surface area contributed by atoms with Gasteiger partial charge >= 0.3 is 0 Å². The maximum Gasteiger partial charge on any atom is 0.251 e. The molecular formula is C30H33N5O4S. The summed E-state index contributed by atoms with van der Waals surface area (Å²) in [6.07, 6.45) is 0. The van der Waals surface area contributed by atoms with Crippen molar-refractivity contribution in [3.8, 4) is 17.2 Å². The summed E-state index contributed by atoms with van der Waals surface area (Å²) >= 11 is 1.29. The summed E-state index contributed by atoms with van der Waals surface area (Å²) in [4.78, 5) is 25.9. The summed E-state index contributed by atoms with van der Waals surface area (Å²) in [6.45, 7) is 8.12. The van der Waals surface area contributed by atoms with Crippen LogP contribution in [0.3, 0.4) is 0 Å². The highest BCUT2D eigenvalue weighted by molar-refractivity contribution is 7.99. The van der Waals surface area contributed by atoms with E-state index in [0.29, 0.717) is 28.0 Å². The van der Waals surface area contributed by atoms with Crippen LogP contribution in [0.25, 0.3) is 5.69 Å². The molecule has 2 N–H and O–H groups in total. The van der Waals surface area contributed by atoms with Gasteiger partial charge < -0.3 is 20.1 Å². The number of nitrogens with one attached hydrogen (secondary N) is 2. The molecule has 0 spiro atoms. The zero-order valence-corrected chi connectivity index (χ0v) is 24.3. The monoisotopic (exact) mass is 559 g/mol. The lowest BCUT2D eigenvalue weighted by atomic mass is 10.1. The van der Waals surface area contributed by atoms with Gasteiger partial charge in [0.05, 0.1) is 32.2 Å². The number of aromatic nitrogens is 3. The van der Waals surface area contributed by atoms with Crippen molar-refractivity contribution in [1.82, 2.24) is 20.1 Å². The molecular weight excluding hydrogens is 526 g/mol. The first-order valence-corrected chi connectivity index (χ1v) is 13.7. The molecule has 0 saturated heterocycles. The van der Waals surface area contributed by atoms with Crippen molar-refractivity contribution in [2.45, 2.75) is 39.4 Å². The van der Waals surface area contributed by atoms with Crippen LogP contribution in [0.5, 0.6) is 11.5 Å². The van der Waals surface area contributed by atoms with Crippen LogP contribution in [-0.2, 0) is 11.3 Å². The fourth-order valence-corrected chi connectivity index (χ4v) is 4.88. The summed E-state index contributed by atoms with van der Waals surface area (Å²) in [6, 6.07) is 16.9. The van der Waals surface area contributed by atoms with Crippen molar-refractivity contribution in [3.05, 3.63) is 88.2 Å². The van der Waals surface area contributed by atoms with Gasteiger partial charge in [-0.25, -0.2) is 0 Å². The number of carbonyl (C=O) groups is 2. The Balaban J connectivity index is 1.56. The first-order chi connectivity index (χ1) is 19.2. The number of nitrogens with zero attached hydrogens (tertiary/aromatic N) is 3. The number of hydrogen-bond donors (Lipinski definition) is 2. The number of benzene rings is 3. The molecule has 0 aliphatic rings. The van der Waals surface area contributed by atoms with Gasteiger partial charge in [-0.3, -0.25) is 14.2 Å². The van der Waals surface area contributed by atoms with Crippen LogP contribution in [0.1, 0.15) is 38.4 Å². The second kappa shape index (κ2) is 12.7. The number of thioether (sulfide) groups is 1. The summed E-state index contributed by atoms with van der Waals surface area (Å²) in [5, 5.41) is 15.2. The average molecular weight is 560 g/mol. The Kier molecular flexibility index (Phi) is 9.11. The largest absolute Gasteiger partial charge is 0.497 e. The number of aryl methyl sites for hydroxylation is 3. The SMILES string of the molecule is COc1cc(OC)cc(C(=O)NCc2nnc(SCC(=O)Nc3cc(C)ccc3C)n2-c2cccc(C)c2C)c1. The summed E-state index contributed by atoms with van der Waals surface area (Å²) < 4.78 is 12.5. The highest BCUT2D eigenvalue weighted by Gasteiger charge is 2.19. The maximum absolute atomic E-state index is 13.0. The summed E-state index contributed by atoms with van der Waals surface area (Å²) in [5.74, 6) is 1.26. The highest BCUT2D eigenvalue weighted by atomic mass is 32.2. The first kappa shape index (κ1) is 28.7. The topological polar surface area (TPSA) is 107 Å². The molecule has 0 bridgehead atoms. The quantitative estimate of drug-likeness (QED) is 0.258. The molecule has 9 nitrogen and oxygen atoms in total. The predicted octanol–water partition coefficient (Wildman–Crippen LogP) is 5.18. The van der Waals surface area contributed by atoms with E-state index in [9.17, 15) is 9.59 Å². The minimum atomic E-state index is -0.310. The van der Waals surface area contributed by atoms with Crippen LogP contribution < -0.4 is 20.1 Å². The van der Waals surface area contributed by atoms with Crippen molar-refractivity contribution in [2.24, 2.45) is 0 Å². The van der Waals surface area contributed by atoms with E-state index in [1.807, 2.05) is 68.7 Å². The molecule has 40 heavy (non-hydrogen) atoms. The Bertz CT molecular complexity index is 1530. The summed E-state index contributed by atoms with van der Waals surface area (Å²) in [7, 11) is 3.06. The number of carbonyl (C=O) groups excluding carboxylic acids is 2. The highest BCUT2D eigenvalue weighted by Crippen LogP contribution is 2.27. The third-order valence-corrected chi connectivity index (χ3v) is 7.47. The average Bonchev–Trinajstić information content (AvgIpc) is 3.36. The molecule has 0 aliphatic carbocycles. The molecule has 0 aliphatic heterocycles. The van der Waals surface area contributed by atoms with E-state index in [1.165, 1.54) is 26.0 Å². The molecule has 4 rings (SSSR count). The lowest BCUT2D eigenvalue weighted by Gasteiger charge is -2.15. The van der Waals surface area contributed by atoms with Gasteiger partial charge in [-0.15, -0.1) is 10.2 Å². The molecule has 0 fully saturated rings. The summed E-state index contributed by atoms with van der Waals surface area (Å²) in [5.41, 5.74) is 6.29. The van der Waals surface area contributed by atoms with E-state index < -0.39 is 0 Å². The molecule has 10 heteroatoms. The Hall–Kier alpha value is -4.31. The van der Waals surface area contributed by atoms with E-state index in [-0.39, 0.29) is 24.1 Å². The second-order valence-electron chi connectivity index (χ2n) is 9.39. The van der Waals surface area contributed by atoms with Crippen molar-refractivity contribution in [2.75, 3.05) is 25.3 Å². The molecule has 3 aromatic carbocycles. The zero-order chi connectivity index (χ0) is 28.8. The van der Waals surface area contributed by atoms with E-state index in [4.69, 9.17) is 9.47 Å². The smallest absolute Gasteiger partial charge is 0.251 e. The lowest BCUT2D eigenvalue weighted by molar-refractivity contribution is -0.113. The molecule has 2 amide bonds. The molecule has 1 heterocycles. The standard InChI is InChI=1S/C30H33N5O4S/c1-18-10-11-20(3)25(12-18)32-28(36)17-40-30-34-33-27(35(30)26-9-7-8-19(2)21(26)4)16-31-29(37)22-13-23(38-5)15-24(14-22)39-6/h7-15H,16-17H2,1-6H3,(H,31,37)(H,32,36). The minimum Gasteiger partial charge on any atom is -0.497 e. The second-order valence-corrected chi connectivity index (χ2v) is 10.3. The van der Waals surface area contributed by atoms with E-state index in [2.05, 4.69) is 20.8 Å². The number of hydrogen-bond acceptors (Lipinski definition) is 7. The molecule has 1 aromatic heterocycles. The van der Waals surface area contributed by atoms with Crippen LogP contribution in [0.2, 0.25) is 0 Å². The molecule has 0 atom stereocenters. The molecule has 4 aromatic rings. The number of ether oxygens (including phenoxy) is 2.